The molecule has 1 aromatic heterocycles. The molecule has 16 heavy (non-hydrogen) atoms. The normalized spacial score (nSPS) is 12.6. The van der Waals surface area contributed by atoms with Crippen LogP contribution >= 0.6 is 0 Å². The lowest BCUT2D eigenvalue weighted by Gasteiger charge is -2.12. The number of rotatable bonds is 3. The summed E-state index contributed by atoms with van der Waals surface area (Å²) in [5.41, 5.74) is 8.14. The van der Waals surface area contributed by atoms with Crippen LogP contribution in [0.2, 0.25) is 0 Å². The molecule has 0 aliphatic rings. The fourth-order valence-corrected chi connectivity index (χ4v) is 1.78. The highest BCUT2D eigenvalue weighted by atomic mass is 16.3. The quantitative estimate of drug-likeness (QED) is 0.826. The summed E-state index contributed by atoms with van der Waals surface area (Å²) in [5.74, 6) is 0.295. The second kappa shape index (κ2) is 4.41. The molecule has 3 nitrogen and oxygen atoms in total. The van der Waals surface area contributed by atoms with Crippen molar-refractivity contribution in [3.05, 3.63) is 53.9 Å². The third kappa shape index (κ3) is 2.25. The predicted molar refractivity (Wildman–Crippen MR) is 64.2 cm³/mol. The van der Waals surface area contributed by atoms with E-state index in [2.05, 4.69) is 4.57 Å². The SMILES string of the molecule is CC(N)c1cccn1Cc1ccc(O)cc1. The minimum Gasteiger partial charge on any atom is -0.508 e. The minimum atomic E-state index is 0.0344. The Bertz CT molecular complexity index is 457. The molecule has 0 radical (unpaired) electrons. The summed E-state index contributed by atoms with van der Waals surface area (Å²) in [6.45, 7) is 2.76. The van der Waals surface area contributed by atoms with Gasteiger partial charge in [-0.3, -0.25) is 0 Å². The fourth-order valence-electron chi connectivity index (χ4n) is 1.78. The van der Waals surface area contributed by atoms with Gasteiger partial charge in [-0.25, -0.2) is 0 Å². The maximum atomic E-state index is 9.20. The van der Waals surface area contributed by atoms with E-state index in [0.717, 1.165) is 17.8 Å². The van der Waals surface area contributed by atoms with E-state index in [4.69, 9.17) is 5.73 Å². The maximum absolute atomic E-state index is 9.20. The summed E-state index contributed by atoms with van der Waals surface area (Å²) >= 11 is 0. The number of phenols is 1. The van der Waals surface area contributed by atoms with E-state index < -0.39 is 0 Å². The van der Waals surface area contributed by atoms with Gasteiger partial charge < -0.3 is 15.4 Å². The molecule has 2 aromatic rings. The first-order chi connectivity index (χ1) is 7.66. The van der Waals surface area contributed by atoms with Gasteiger partial charge in [-0.1, -0.05) is 12.1 Å². The molecule has 0 fully saturated rings. The van der Waals surface area contributed by atoms with E-state index in [1.165, 1.54) is 0 Å². The van der Waals surface area contributed by atoms with Crippen molar-refractivity contribution >= 4 is 0 Å². The van der Waals surface area contributed by atoms with Crippen LogP contribution in [0.15, 0.2) is 42.6 Å². The van der Waals surface area contributed by atoms with Crippen molar-refractivity contribution < 1.29 is 5.11 Å². The molecule has 0 bridgehead atoms. The Kier molecular flexibility index (Phi) is 2.97. The van der Waals surface area contributed by atoms with Crippen molar-refractivity contribution in [2.45, 2.75) is 19.5 Å². The highest BCUT2D eigenvalue weighted by molar-refractivity contribution is 5.26. The summed E-state index contributed by atoms with van der Waals surface area (Å²) in [6, 6.07) is 11.3. The summed E-state index contributed by atoms with van der Waals surface area (Å²) in [4.78, 5) is 0. The summed E-state index contributed by atoms with van der Waals surface area (Å²) in [5, 5.41) is 9.20. The molecule has 3 N–H and O–H groups in total. The van der Waals surface area contributed by atoms with Crippen molar-refractivity contribution in [1.29, 1.82) is 0 Å². The molecule has 0 saturated heterocycles. The fraction of sp³-hybridized carbons (Fsp3) is 0.231. The zero-order chi connectivity index (χ0) is 11.5. The van der Waals surface area contributed by atoms with E-state index in [9.17, 15) is 5.11 Å². The number of hydrogen-bond donors (Lipinski definition) is 2. The van der Waals surface area contributed by atoms with Crippen LogP contribution in [0, 0.1) is 0 Å². The molecule has 2 rings (SSSR count). The first-order valence-corrected chi connectivity index (χ1v) is 5.35. The Balaban J connectivity index is 2.20. The first kappa shape index (κ1) is 10.8. The second-order valence-electron chi connectivity index (χ2n) is 4.02. The van der Waals surface area contributed by atoms with E-state index in [-0.39, 0.29) is 6.04 Å². The van der Waals surface area contributed by atoms with Gasteiger partial charge in [0.05, 0.1) is 0 Å². The molecule has 0 aliphatic carbocycles. The molecule has 84 valence electrons. The van der Waals surface area contributed by atoms with Crippen molar-refractivity contribution in [3.63, 3.8) is 0 Å². The van der Waals surface area contributed by atoms with Crippen LogP contribution in [-0.4, -0.2) is 9.67 Å². The predicted octanol–water partition coefficient (Wildman–Crippen LogP) is 2.26. The van der Waals surface area contributed by atoms with Gasteiger partial charge in [0, 0.05) is 24.5 Å². The average Bonchev–Trinajstić information content (AvgIpc) is 2.69. The smallest absolute Gasteiger partial charge is 0.115 e. The van der Waals surface area contributed by atoms with E-state index >= 15 is 0 Å². The number of nitrogens with zero attached hydrogens (tertiary/aromatic N) is 1. The van der Waals surface area contributed by atoms with Crippen molar-refractivity contribution in [3.8, 4) is 5.75 Å². The van der Waals surface area contributed by atoms with Crippen LogP contribution in [0.25, 0.3) is 0 Å². The third-order valence-corrected chi connectivity index (χ3v) is 2.62. The van der Waals surface area contributed by atoms with Crippen LogP contribution in [0.4, 0.5) is 0 Å². The van der Waals surface area contributed by atoms with Gasteiger partial charge in [0.2, 0.25) is 0 Å². The summed E-state index contributed by atoms with van der Waals surface area (Å²) in [6.07, 6.45) is 2.02. The Labute approximate surface area is 95.1 Å². The van der Waals surface area contributed by atoms with E-state index in [1.54, 1.807) is 12.1 Å². The Morgan fingerprint density at radius 3 is 2.56 bits per heavy atom. The summed E-state index contributed by atoms with van der Waals surface area (Å²) < 4.78 is 2.12. The standard InChI is InChI=1S/C13H16N2O/c1-10(14)13-3-2-8-15(13)9-11-4-6-12(16)7-5-11/h2-8,10,16H,9,14H2,1H3. The number of nitrogens with two attached hydrogens (primary N) is 1. The lowest BCUT2D eigenvalue weighted by Crippen LogP contribution is -2.12. The average molecular weight is 216 g/mol. The van der Waals surface area contributed by atoms with Gasteiger partial charge in [-0.05, 0) is 36.8 Å². The zero-order valence-corrected chi connectivity index (χ0v) is 9.30. The maximum Gasteiger partial charge on any atom is 0.115 e. The number of aromatic hydroxyl groups is 1. The van der Waals surface area contributed by atoms with Gasteiger partial charge in [0.25, 0.3) is 0 Å². The van der Waals surface area contributed by atoms with Crippen LogP contribution in [0.5, 0.6) is 5.75 Å². The Morgan fingerprint density at radius 1 is 1.25 bits per heavy atom. The lowest BCUT2D eigenvalue weighted by molar-refractivity contribution is 0.475. The lowest BCUT2D eigenvalue weighted by atomic mass is 10.2. The van der Waals surface area contributed by atoms with Crippen LogP contribution in [0.1, 0.15) is 24.2 Å². The highest BCUT2D eigenvalue weighted by Gasteiger charge is 2.05. The van der Waals surface area contributed by atoms with E-state index in [1.807, 2.05) is 37.4 Å². The Morgan fingerprint density at radius 2 is 1.94 bits per heavy atom. The van der Waals surface area contributed by atoms with Gasteiger partial charge in [0.1, 0.15) is 5.75 Å². The molecule has 1 heterocycles. The number of hydrogen-bond acceptors (Lipinski definition) is 2. The zero-order valence-electron chi connectivity index (χ0n) is 9.30. The molecule has 1 aromatic carbocycles. The van der Waals surface area contributed by atoms with Crippen LogP contribution in [-0.2, 0) is 6.54 Å². The molecular weight excluding hydrogens is 200 g/mol. The van der Waals surface area contributed by atoms with E-state index in [0.29, 0.717) is 5.75 Å². The topological polar surface area (TPSA) is 51.2 Å². The minimum absolute atomic E-state index is 0.0344. The molecule has 1 unspecified atom stereocenters. The van der Waals surface area contributed by atoms with Crippen LogP contribution in [0.3, 0.4) is 0 Å². The monoisotopic (exact) mass is 216 g/mol. The van der Waals surface area contributed by atoms with Crippen molar-refractivity contribution in [2.24, 2.45) is 5.73 Å². The first-order valence-electron chi connectivity index (χ1n) is 5.35. The molecular formula is C13H16N2O. The molecule has 3 heteroatoms. The molecule has 0 amide bonds. The molecule has 1 atom stereocenters. The third-order valence-electron chi connectivity index (χ3n) is 2.62. The Hall–Kier alpha value is -1.74. The largest absolute Gasteiger partial charge is 0.508 e. The number of aromatic nitrogens is 1. The van der Waals surface area contributed by atoms with Crippen molar-refractivity contribution in [1.82, 2.24) is 4.57 Å². The van der Waals surface area contributed by atoms with Gasteiger partial charge in [0.15, 0.2) is 0 Å². The molecule has 0 aliphatic heterocycles. The van der Waals surface area contributed by atoms with Gasteiger partial charge in [-0.2, -0.15) is 0 Å². The molecule has 0 saturated carbocycles. The van der Waals surface area contributed by atoms with Gasteiger partial charge in [-0.15, -0.1) is 0 Å². The van der Waals surface area contributed by atoms with Gasteiger partial charge >= 0.3 is 0 Å². The molecule has 0 spiro atoms. The number of benzene rings is 1. The number of phenolic OH excluding ortho intramolecular Hbond substituents is 1. The van der Waals surface area contributed by atoms with Crippen LogP contribution < -0.4 is 5.73 Å². The van der Waals surface area contributed by atoms with Crippen molar-refractivity contribution in [2.75, 3.05) is 0 Å². The second-order valence-corrected chi connectivity index (χ2v) is 4.02. The highest BCUT2D eigenvalue weighted by Crippen LogP contribution is 2.15. The summed E-state index contributed by atoms with van der Waals surface area (Å²) in [7, 11) is 0.